The third-order valence-electron chi connectivity index (χ3n) is 13.4. The maximum atomic E-state index is 12.9. The molecule has 1 heterocycles. The molecular formula is C31H52O3. The third-order valence-corrected chi connectivity index (χ3v) is 13.4. The lowest BCUT2D eigenvalue weighted by Gasteiger charge is -2.69. The van der Waals surface area contributed by atoms with Crippen molar-refractivity contribution in [1.82, 2.24) is 0 Å². The van der Waals surface area contributed by atoms with Crippen LogP contribution in [-0.2, 0) is 14.3 Å². The monoisotopic (exact) mass is 472 g/mol. The van der Waals surface area contributed by atoms with Crippen molar-refractivity contribution in [3.8, 4) is 0 Å². The molecule has 0 bridgehead atoms. The van der Waals surface area contributed by atoms with Crippen molar-refractivity contribution in [3.05, 3.63) is 0 Å². The number of rotatable bonds is 2. The number of carbonyl (C=O) groups excluding carboxylic acids is 1. The fraction of sp³-hybridized carbons (Fsp3) is 0.968. The molecule has 3 heteroatoms. The number of hydrogen-bond acceptors (Lipinski definition) is 3. The minimum Gasteiger partial charge on any atom is -0.355 e. The van der Waals surface area contributed by atoms with Gasteiger partial charge in [0.05, 0.1) is 5.60 Å². The van der Waals surface area contributed by atoms with E-state index in [9.17, 15) is 4.79 Å². The molecule has 9 atom stereocenters. The third kappa shape index (κ3) is 3.10. The fourth-order valence-electron chi connectivity index (χ4n) is 11.1. The number of Topliss-reactive ketones (excluding diaryl/α,β-unsaturated/α-hetero) is 1. The van der Waals surface area contributed by atoms with Gasteiger partial charge in [-0.05, 0) is 105 Å². The lowest BCUT2D eigenvalue weighted by atomic mass is 9.35. The summed E-state index contributed by atoms with van der Waals surface area (Å²) >= 11 is 0. The number of fused-ring (bicyclic) bond motifs is 5. The van der Waals surface area contributed by atoms with Crippen molar-refractivity contribution < 1.29 is 14.3 Å². The van der Waals surface area contributed by atoms with Crippen LogP contribution in [0.5, 0.6) is 0 Å². The Balaban J connectivity index is 1.45. The van der Waals surface area contributed by atoms with E-state index in [0.29, 0.717) is 33.9 Å². The van der Waals surface area contributed by atoms with Crippen molar-refractivity contribution in [1.29, 1.82) is 0 Å². The molecule has 5 fully saturated rings. The molecule has 1 saturated heterocycles. The molecule has 5 rings (SSSR count). The van der Waals surface area contributed by atoms with Gasteiger partial charge in [0.2, 0.25) is 0 Å². The number of carbonyl (C=O) groups is 1. The van der Waals surface area contributed by atoms with Gasteiger partial charge in [0.1, 0.15) is 5.78 Å². The van der Waals surface area contributed by atoms with E-state index in [1.165, 1.54) is 44.9 Å². The van der Waals surface area contributed by atoms with Crippen molar-refractivity contribution in [2.45, 2.75) is 131 Å². The molecule has 1 aliphatic heterocycles. The van der Waals surface area contributed by atoms with Gasteiger partial charge in [-0.3, -0.25) is 4.79 Å². The first-order chi connectivity index (χ1) is 15.7. The summed E-state index contributed by atoms with van der Waals surface area (Å²) in [6, 6.07) is 0. The molecule has 4 saturated carbocycles. The minimum atomic E-state index is -0.157. The zero-order valence-corrected chi connectivity index (χ0v) is 23.7. The molecule has 194 valence electrons. The summed E-state index contributed by atoms with van der Waals surface area (Å²) in [6.07, 6.45) is 11.9. The van der Waals surface area contributed by atoms with E-state index < -0.39 is 0 Å². The van der Waals surface area contributed by atoms with E-state index >= 15 is 0 Å². The van der Waals surface area contributed by atoms with Crippen molar-refractivity contribution in [2.24, 2.45) is 50.7 Å². The topological polar surface area (TPSA) is 35.5 Å². The molecule has 3 nitrogen and oxygen atoms in total. The lowest BCUT2D eigenvalue weighted by Crippen LogP contribution is -2.64. The van der Waals surface area contributed by atoms with Crippen LogP contribution < -0.4 is 0 Å². The standard InChI is InChI=1S/C31H52O3/c1-26(2)18-19-31(8,34-25(26)33-9)21-12-16-29(6)20(21)10-11-23-28(5)15-14-24(32)27(3,4)22(28)13-17-30(23,29)7/h20-23,25H,10-19H2,1-9H3/t20-,21+,22-,23-,25+,28+,29+,30-,31+/m1/s1. The summed E-state index contributed by atoms with van der Waals surface area (Å²) in [7, 11) is 1.82. The Hall–Kier alpha value is -0.410. The Morgan fingerprint density at radius 1 is 0.735 bits per heavy atom. The molecule has 0 N–H and O–H groups in total. The molecule has 0 aromatic carbocycles. The Labute approximate surface area is 209 Å². The van der Waals surface area contributed by atoms with E-state index in [2.05, 4.69) is 55.4 Å². The van der Waals surface area contributed by atoms with Gasteiger partial charge in [-0.1, -0.05) is 48.5 Å². The second-order valence-corrected chi connectivity index (χ2v) is 15.4. The van der Waals surface area contributed by atoms with E-state index in [0.717, 1.165) is 31.1 Å². The van der Waals surface area contributed by atoms with Gasteiger partial charge in [-0.15, -0.1) is 0 Å². The van der Waals surface area contributed by atoms with Gasteiger partial charge in [-0.25, -0.2) is 0 Å². The van der Waals surface area contributed by atoms with E-state index in [1.807, 2.05) is 7.11 Å². The molecule has 0 unspecified atom stereocenters. The highest BCUT2D eigenvalue weighted by Gasteiger charge is 2.70. The van der Waals surface area contributed by atoms with Gasteiger partial charge in [0.15, 0.2) is 6.29 Å². The summed E-state index contributed by atoms with van der Waals surface area (Å²) < 4.78 is 12.7. The maximum absolute atomic E-state index is 12.9. The predicted octanol–water partition coefficient (Wildman–Crippen LogP) is 7.81. The van der Waals surface area contributed by atoms with Crippen molar-refractivity contribution in [2.75, 3.05) is 7.11 Å². The summed E-state index contributed by atoms with van der Waals surface area (Å²) in [6.45, 7) is 19.4. The summed E-state index contributed by atoms with van der Waals surface area (Å²) in [4.78, 5) is 12.9. The van der Waals surface area contributed by atoms with Gasteiger partial charge in [0.25, 0.3) is 0 Å². The Morgan fingerprint density at radius 3 is 2.09 bits per heavy atom. The number of ether oxygens (including phenoxy) is 2. The van der Waals surface area contributed by atoms with Crippen molar-refractivity contribution >= 4 is 5.78 Å². The largest absolute Gasteiger partial charge is 0.355 e. The zero-order chi connectivity index (χ0) is 24.9. The Morgan fingerprint density at radius 2 is 1.41 bits per heavy atom. The fourth-order valence-corrected chi connectivity index (χ4v) is 11.1. The van der Waals surface area contributed by atoms with Gasteiger partial charge >= 0.3 is 0 Å². The van der Waals surface area contributed by atoms with Crippen LogP contribution in [0.3, 0.4) is 0 Å². The molecule has 34 heavy (non-hydrogen) atoms. The van der Waals surface area contributed by atoms with E-state index in [-0.39, 0.29) is 22.7 Å². The molecule has 5 aliphatic rings. The van der Waals surface area contributed by atoms with Crippen LogP contribution in [0.25, 0.3) is 0 Å². The summed E-state index contributed by atoms with van der Waals surface area (Å²) in [5.41, 5.74) is 0.863. The first kappa shape index (κ1) is 25.2. The highest BCUT2D eigenvalue weighted by atomic mass is 16.7. The maximum Gasteiger partial charge on any atom is 0.162 e. The molecule has 0 radical (unpaired) electrons. The van der Waals surface area contributed by atoms with Gasteiger partial charge in [-0.2, -0.15) is 0 Å². The Kier molecular flexibility index (Phi) is 5.61. The average Bonchev–Trinajstić information content (AvgIpc) is 3.12. The van der Waals surface area contributed by atoms with Crippen LogP contribution in [0.4, 0.5) is 0 Å². The molecule has 4 aliphatic carbocycles. The molecule has 0 amide bonds. The van der Waals surface area contributed by atoms with Gasteiger partial charge < -0.3 is 9.47 Å². The zero-order valence-electron chi connectivity index (χ0n) is 23.7. The second kappa shape index (κ2) is 7.56. The number of methoxy groups -OCH3 is 1. The van der Waals surface area contributed by atoms with Crippen LogP contribution in [0, 0.1) is 50.7 Å². The average molecular weight is 473 g/mol. The first-order valence-electron chi connectivity index (χ1n) is 14.4. The van der Waals surface area contributed by atoms with Gasteiger partial charge in [0, 0.05) is 24.4 Å². The number of ketones is 1. The van der Waals surface area contributed by atoms with Crippen LogP contribution in [0.15, 0.2) is 0 Å². The highest BCUT2D eigenvalue weighted by molar-refractivity contribution is 5.85. The smallest absolute Gasteiger partial charge is 0.162 e. The SMILES string of the molecule is CO[C@H]1O[C@](C)([C@H]2CC[C@@]3(C)[C@@H]2CC[C@@H]2[C@@]4(C)CCC(=O)C(C)(C)[C@H]4CC[C@]23C)CCC1(C)C. The molecular weight excluding hydrogens is 420 g/mol. The van der Waals surface area contributed by atoms with E-state index in [4.69, 9.17) is 9.47 Å². The summed E-state index contributed by atoms with van der Waals surface area (Å²) in [5.74, 6) is 3.14. The van der Waals surface area contributed by atoms with Crippen molar-refractivity contribution in [3.63, 3.8) is 0 Å². The number of hydrogen-bond donors (Lipinski definition) is 0. The van der Waals surface area contributed by atoms with Crippen LogP contribution in [0.2, 0.25) is 0 Å². The molecule has 0 aromatic rings. The van der Waals surface area contributed by atoms with Crippen LogP contribution >= 0.6 is 0 Å². The lowest BCUT2D eigenvalue weighted by molar-refractivity contribution is -0.291. The predicted molar refractivity (Wildman–Crippen MR) is 137 cm³/mol. The highest BCUT2D eigenvalue weighted by Crippen LogP contribution is 2.75. The Bertz CT molecular complexity index is 846. The van der Waals surface area contributed by atoms with Crippen LogP contribution in [-0.4, -0.2) is 24.8 Å². The first-order valence-corrected chi connectivity index (χ1v) is 14.4. The quantitative estimate of drug-likeness (QED) is 0.411. The van der Waals surface area contributed by atoms with Crippen LogP contribution in [0.1, 0.15) is 120 Å². The minimum absolute atomic E-state index is 0.0812. The molecule has 0 aromatic heterocycles. The van der Waals surface area contributed by atoms with E-state index in [1.54, 1.807) is 0 Å². The summed E-state index contributed by atoms with van der Waals surface area (Å²) in [5, 5.41) is 0. The second-order valence-electron chi connectivity index (χ2n) is 15.4. The normalized spacial score (nSPS) is 54.1. The molecule has 0 spiro atoms.